The lowest BCUT2D eigenvalue weighted by atomic mass is 10.2. The number of aliphatic hydroxyl groups excluding tert-OH is 1. The van der Waals surface area contributed by atoms with E-state index in [2.05, 4.69) is 0 Å². The topological polar surface area (TPSA) is 42.6 Å². The molecule has 0 saturated carbocycles. The van der Waals surface area contributed by atoms with E-state index in [-0.39, 0.29) is 6.61 Å². The Morgan fingerprint density at radius 2 is 2.00 bits per heavy atom. The Labute approximate surface area is 65.6 Å². The summed E-state index contributed by atoms with van der Waals surface area (Å²) >= 11 is 0. The molecule has 0 spiro atoms. The Balaban J connectivity index is 3.12. The van der Waals surface area contributed by atoms with Gasteiger partial charge in [0, 0.05) is 5.56 Å². The summed E-state index contributed by atoms with van der Waals surface area (Å²) in [4.78, 5) is 0. The molecule has 0 unspecified atom stereocenters. The second-order valence-corrected chi connectivity index (χ2v) is 2.42. The van der Waals surface area contributed by atoms with Crippen molar-refractivity contribution in [2.24, 2.45) is 0 Å². The summed E-state index contributed by atoms with van der Waals surface area (Å²) < 4.78 is 10.1. The van der Waals surface area contributed by atoms with Crippen molar-refractivity contribution in [2.45, 2.75) is 20.5 Å². The predicted octanol–water partition coefficient (Wildman–Crippen LogP) is 1.40. The minimum Gasteiger partial charge on any atom is -0.468 e. The first kappa shape index (κ1) is 8.14. The molecule has 1 aromatic heterocycles. The summed E-state index contributed by atoms with van der Waals surface area (Å²) in [6.07, 6.45) is 0. The molecule has 0 aliphatic carbocycles. The molecule has 0 radical (unpaired) electrons. The molecule has 1 aromatic rings. The van der Waals surface area contributed by atoms with E-state index in [1.54, 1.807) is 7.11 Å². The van der Waals surface area contributed by atoms with Crippen LogP contribution in [0.5, 0.6) is 5.95 Å². The van der Waals surface area contributed by atoms with E-state index >= 15 is 0 Å². The maximum Gasteiger partial charge on any atom is 0.287 e. The predicted molar refractivity (Wildman–Crippen MR) is 40.7 cm³/mol. The molecule has 0 aliphatic heterocycles. The fraction of sp³-hybridized carbons (Fsp3) is 0.500. The molecule has 1 rings (SSSR count). The molecule has 0 saturated heterocycles. The number of aliphatic hydroxyl groups is 1. The number of hydrogen-bond donors (Lipinski definition) is 1. The highest BCUT2D eigenvalue weighted by Crippen LogP contribution is 2.27. The van der Waals surface area contributed by atoms with Crippen LogP contribution in [-0.4, -0.2) is 12.2 Å². The molecule has 1 heterocycles. The zero-order chi connectivity index (χ0) is 8.43. The third-order valence-corrected chi connectivity index (χ3v) is 1.83. The van der Waals surface area contributed by atoms with Crippen molar-refractivity contribution in [3.8, 4) is 5.95 Å². The number of methoxy groups -OCH3 is 1. The van der Waals surface area contributed by atoms with Gasteiger partial charge >= 0.3 is 0 Å². The zero-order valence-corrected chi connectivity index (χ0v) is 6.97. The van der Waals surface area contributed by atoms with Gasteiger partial charge in [-0.3, -0.25) is 0 Å². The van der Waals surface area contributed by atoms with Crippen molar-refractivity contribution in [3.05, 3.63) is 16.9 Å². The van der Waals surface area contributed by atoms with Crippen molar-refractivity contribution >= 4 is 0 Å². The van der Waals surface area contributed by atoms with Crippen LogP contribution >= 0.6 is 0 Å². The lowest BCUT2D eigenvalue weighted by Gasteiger charge is -1.92. The van der Waals surface area contributed by atoms with Crippen LogP contribution in [-0.2, 0) is 6.61 Å². The molecule has 1 N–H and O–H groups in total. The third kappa shape index (κ3) is 1.24. The minimum atomic E-state index is -0.0734. The summed E-state index contributed by atoms with van der Waals surface area (Å²) in [5.41, 5.74) is 1.92. The standard InChI is InChI=1S/C8H12O3/c1-5-6(2)8(10-3)11-7(5)4-9/h9H,4H2,1-3H3. The van der Waals surface area contributed by atoms with Crippen LogP contribution in [0.1, 0.15) is 16.9 Å². The molecule has 3 nitrogen and oxygen atoms in total. The summed E-state index contributed by atoms with van der Waals surface area (Å²) in [5, 5.41) is 8.80. The lowest BCUT2D eigenvalue weighted by Crippen LogP contribution is -1.82. The fourth-order valence-electron chi connectivity index (χ4n) is 0.973. The molecule has 62 valence electrons. The van der Waals surface area contributed by atoms with E-state index < -0.39 is 0 Å². The van der Waals surface area contributed by atoms with Crippen LogP contribution in [0.25, 0.3) is 0 Å². The van der Waals surface area contributed by atoms with Gasteiger partial charge in [-0.2, -0.15) is 0 Å². The number of furan rings is 1. The zero-order valence-electron chi connectivity index (χ0n) is 6.97. The van der Waals surface area contributed by atoms with Crippen molar-refractivity contribution in [1.29, 1.82) is 0 Å². The summed E-state index contributed by atoms with van der Waals surface area (Å²) in [6, 6.07) is 0. The first-order chi connectivity index (χ1) is 5.20. The molecule has 11 heavy (non-hydrogen) atoms. The highest BCUT2D eigenvalue weighted by atomic mass is 16.6. The van der Waals surface area contributed by atoms with Gasteiger partial charge in [0.05, 0.1) is 7.11 Å². The van der Waals surface area contributed by atoms with Gasteiger partial charge in [0.25, 0.3) is 5.95 Å². The van der Waals surface area contributed by atoms with E-state index in [0.29, 0.717) is 11.7 Å². The first-order valence-corrected chi connectivity index (χ1v) is 3.44. The van der Waals surface area contributed by atoms with Crippen molar-refractivity contribution in [2.75, 3.05) is 7.11 Å². The van der Waals surface area contributed by atoms with Crippen LogP contribution in [0.15, 0.2) is 4.42 Å². The molecule has 3 heteroatoms. The summed E-state index contributed by atoms with van der Waals surface area (Å²) in [7, 11) is 1.55. The van der Waals surface area contributed by atoms with Gasteiger partial charge in [-0.05, 0) is 19.4 Å². The molecule has 0 atom stereocenters. The van der Waals surface area contributed by atoms with Gasteiger partial charge < -0.3 is 14.3 Å². The fourth-order valence-corrected chi connectivity index (χ4v) is 0.973. The maximum atomic E-state index is 8.80. The Morgan fingerprint density at radius 3 is 2.27 bits per heavy atom. The van der Waals surface area contributed by atoms with Crippen LogP contribution < -0.4 is 4.74 Å². The Bertz CT molecular complexity index is 226. The molecule has 0 bridgehead atoms. The molecule has 0 fully saturated rings. The van der Waals surface area contributed by atoms with Gasteiger partial charge in [-0.15, -0.1) is 0 Å². The highest BCUT2D eigenvalue weighted by molar-refractivity contribution is 5.34. The van der Waals surface area contributed by atoms with Gasteiger partial charge in [-0.1, -0.05) is 0 Å². The van der Waals surface area contributed by atoms with Gasteiger partial charge in [0.15, 0.2) is 0 Å². The molecule has 0 amide bonds. The normalized spacial score (nSPS) is 10.2. The van der Waals surface area contributed by atoms with E-state index in [9.17, 15) is 0 Å². The van der Waals surface area contributed by atoms with Gasteiger partial charge in [-0.25, -0.2) is 0 Å². The van der Waals surface area contributed by atoms with Gasteiger partial charge in [0.2, 0.25) is 0 Å². The average Bonchev–Trinajstić information content (AvgIpc) is 2.30. The van der Waals surface area contributed by atoms with Gasteiger partial charge in [0.1, 0.15) is 12.4 Å². The monoisotopic (exact) mass is 156 g/mol. The average molecular weight is 156 g/mol. The summed E-state index contributed by atoms with van der Waals surface area (Å²) in [5.74, 6) is 1.07. The van der Waals surface area contributed by atoms with Crippen molar-refractivity contribution < 1.29 is 14.3 Å². The maximum absolute atomic E-state index is 8.80. The van der Waals surface area contributed by atoms with Crippen LogP contribution in [0.2, 0.25) is 0 Å². The van der Waals surface area contributed by atoms with Crippen molar-refractivity contribution in [3.63, 3.8) is 0 Å². The molecule has 0 aliphatic rings. The van der Waals surface area contributed by atoms with E-state index in [0.717, 1.165) is 11.1 Å². The molecular weight excluding hydrogens is 144 g/mol. The van der Waals surface area contributed by atoms with Crippen LogP contribution in [0.3, 0.4) is 0 Å². The van der Waals surface area contributed by atoms with E-state index in [1.807, 2.05) is 13.8 Å². The minimum absolute atomic E-state index is 0.0734. The van der Waals surface area contributed by atoms with Crippen LogP contribution in [0.4, 0.5) is 0 Å². The van der Waals surface area contributed by atoms with E-state index in [4.69, 9.17) is 14.3 Å². The Hall–Kier alpha value is -0.960. The largest absolute Gasteiger partial charge is 0.468 e. The second-order valence-electron chi connectivity index (χ2n) is 2.42. The third-order valence-electron chi connectivity index (χ3n) is 1.83. The number of ether oxygens (including phenoxy) is 1. The molecular formula is C8H12O3. The lowest BCUT2D eigenvalue weighted by molar-refractivity contribution is 0.222. The quantitative estimate of drug-likeness (QED) is 0.703. The number of hydrogen-bond acceptors (Lipinski definition) is 3. The van der Waals surface area contributed by atoms with Crippen LogP contribution in [0, 0.1) is 13.8 Å². The Morgan fingerprint density at radius 1 is 1.36 bits per heavy atom. The smallest absolute Gasteiger partial charge is 0.287 e. The molecule has 0 aromatic carbocycles. The highest BCUT2D eigenvalue weighted by Gasteiger charge is 2.12. The SMILES string of the molecule is COc1oc(CO)c(C)c1C. The Kier molecular flexibility index (Phi) is 2.19. The van der Waals surface area contributed by atoms with E-state index in [1.165, 1.54) is 0 Å². The first-order valence-electron chi connectivity index (χ1n) is 3.44. The second kappa shape index (κ2) is 2.96. The summed E-state index contributed by atoms with van der Waals surface area (Å²) in [6.45, 7) is 3.72. The van der Waals surface area contributed by atoms with Crippen molar-refractivity contribution in [1.82, 2.24) is 0 Å². The number of rotatable bonds is 2.